The fraction of sp³-hybridized carbons (Fsp3) is 0.778. The molecule has 3 saturated carbocycles. The van der Waals surface area contributed by atoms with Crippen LogP contribution in [0.1, 0.15) is 86.0 Å². The van der Waals surface area contributed by atoms with Crippen LogP contribution in [0.2, 0.25) is 0 Å². The maximum Gasteiger partial charge on any atom is 0.0651 e. The minimum Gasteiger partial charge on any atom is -0.393 e. The number of hydrogen-bond acceptors (Lipinski definition) is 3. The van der Waals surface area contributed by atoms with Crippen molar-refractivity contribution in [3.05, 3.63) is 35.5 Å². The first-order valence-corrected chi connectivity index (χ1v) is 12.2. The molecule has 0 aromatic heterocycles. The van der Waals surface area contributed by atoms with Gasteiger partial charge in [0.15, 0.2) is 0 Å². The predicted octanol–water partition coefficient (Wildman–Crippen LogP) is 5.56. The molecule has 0 amide bonds. The zero-order valence-corrected chi connectivity index (χ0v) is 19.8. The lowest BCUT2D eigenvalue weighted by Gasteiger charge is -2.44. The molecule has 3 aliphatic carbocycles. The molecule has 3 aliphatic rings. The van der Waals surface area contributed by atoms with Crippen molar-refractivity contribution < 1.29 is 15.3 Å². The summed E-state index contributed by atoms with van der Waals surface area (Å²) >= 11 is 0. The summed E-state index contributed by atoms with van der Waals surface area (Å²) in [4.78, 5) is 0. The van der Waals surface area contributed by atoms with Crippen LogP contribution in [0.4, 0.5) is 0 Å². The van der Waals surface area contributed by atoms with E-state index in [9.17, 15) is 15.3 Å². The highest BCUT2D eigenvalue weighted by Gasteiger charge is 2.50. The van der Waals surface area contributed by atoms with Gasteiger partial charge in [-0.1, -0.05) is 56.2 Å². The SMILES string of the molecule is CC(/C=C/C(C)C(C)(C)O)[C@H]1CC[C@H]2C(=CC=C3CC(O)C[C@H](O)C3)CCC[C@]12C. The molecule has 3 unspecified atom stereocenters. The molecule has 3 heteroatoms. The standard InChI is InChI=1S/C27H44O3/c1-18(8-9-19(2)26(3,4)30)24-12-13-25-21(7-6-14-27(24,25)5)11-10-20-15-22(28)17-23(29)16-20/h8-11,18-19,22-25,28-30H,6-7,12-17H2,1-5H3/b9-8+,20-10?,21-11?/t18?,19?,22-,23?,24-,25+,27-/m1/s1. The molecule has 3 fully saturated rings. The quantitative estimate of drug-likeness (QED) is 0.514. The lowest BCUT2D eigenvalue weighted by Crippen LogP contribution is -2.35. The maximum absolute atomic E-state index is 10.2. The summed E-state index contributed by atoms with van der Waals surface area (Å²) in [6.07, 6.45) is 16.5. The summed E-state index contributed by atoms with van der Waals surface area (Å²) in [5.41, 5.74) is 2.43. The molecule has 7 atom stereocenters. The number of aliphatic hydroxyl groups excluding tert-OH is 2. The highest BCUT2D eigenvalue weighted by atomic mass is 16.3. The Morgan fingerprint density at radius 1 is 1.03 bits per heavy atom. The van der Waals surface area contributed by atoms with Crippen molar-refractivity contribution in [2.24, 2.45) is 29.1 Å². The van der Waals surface area contributed by atoms with Gasteiger partial charge in [-0.3, -0.25) is 0 Å². The number of hydrogen-bond donors (Lipinski definition) is 3. The Balaban J connectivity index is 1.73. The molecular formula is C27H44O3. The van der Waals surface area contributed by atoms with Crippen LogP contribution in [0.3, 0.4) is 0 Å². The second-order valence-electron chi connectivity index (χ2n) is 11.3. The van der Waals surface area contributed by atoms with Crippen molar-refractivity contribution in [3.63, 3.8) is 0 Å². The van der Waals surface area contributed by atoms with E-state index in [0.29, 0.717) is 42.4 Å². The Morgan fingerprint density at radius 2 is 1.70 bits per heavy atom. The predicted molar refractivity (Wildman–Crippen MR) is 124 cm³/mol. The number of aliphatic hydroxyl groups is 3. The Morgan fingerprint density at radius 3 is 2.33 bits per heavy atom. The van der Waals surface area contributed by atoms with Gasteiger partial charge in [0.25, 0.3) is 0 Å². The van der Waals surface area contributed by atoms with Gasteiger partial charge >= 0.3 is 0 Å². The molecule has 3 rings (SSSR count). The van der Waals surface area contributed by atoms with Crippen molar-refractivity contribution in [2.75, 3.05) is 0 Å². The molecule has 0 aromatic rings. The average Bonchev–Trinajstić information content (AvgIpc) is 3.00. The fourth-order valence-corrected chi connectivity index (χ4v) is 6.39. The van der Waals surface area contributed by atoms with Crippen molar-refractivity contribution in [2.45, 2.75) is 104 Å². The third kappa shape index (κ3) is 5.29. The molecule has 0 bridgehead atoms. The van der Waals surface area contributed by atoms with Crippen molar-refractivity contribution in [1.82, 2.24) is 0 Å². The van der Waals surface area contributed by atoms with Crippen LogP contribution in [0, 0.1) is 29.1 Å². The van der Waals surface area contributed by atoms with Crippen molar-refractivity contribution in [3.8, 4) is 0 Å². The zero-order chi connectivity index (χ0) is 22.1. The van der Waals surface area contributed by atoms with Gasteiger partial charge in [0, 0.05) is 5.92 Å². The third-order valence-corrected chi connectivity index (χ3v) is 8.56. The molecule has 0 spiro atoms. The van der Waals surface area contributed by atoms with Gasteiger partial charge in [0.2, 0.25) is 0 Å². The summed E-state index contributed by atoms with van der Waals surface area (Å²) in [5.74, 6) is 2.00. The average molecular weight is 417 g/mol. The van der Waals surface area contributed by atoms with Gasteiger partial charge in [0.05, 0.1) is 17.8 Å². The Bertz CT molecular complexity index is 671. The van der Waals surface area contributed by atoms with E-state index in [4.69, 9.17) is 0 Å². The van der Waals surface area contributed by atoms with Gasteiger partial charge < -0.3 is 15.3 Å². The van der Waals surface area contributed by atoms with E-state index in [1.807, 2.05) is 13.8 Å². The lowest BCUT2D eigenvalue weighted by molar-refractivity contribution is 0.0436. The van der Waals surface area contributed by atoms with Crippen molar-refractivity contribution in [1.29, 1.82) is 0 Å². The first kappa shape index (κ1) is 23.8. The van der Waals surface area contributed by atoms with Crippen LogP contribution < -0.4 is 0 Å². The lowest BCUT2D eigenvalue weighted by atomic mass is 9.61. The van der Waals surface area contributed by atoms with Crippen LogP contribution in [0.15, 0.2) is 35.5 Å². The molecular weight excluding hydrogens is 372 g/mol. The Hall–Kier alpha value is -0.900. The first-order chi connectivity index (χ1) is 14.0. The van der Waals surface area contributed by atoms with Crippen molar-refractivity contribution >= 4 is 0 Å². The highest BCUT2D eigenvalue weighted by molar-refractivity contribution is 5.26. The molecule has 0 aliphatic heterocycles. The van der Waals surface area contributed by atoms with Crippen LogP contribution in [0.25, 0.3) is 0 Å². The van der Waals surface area contributed by atoms with Crippen LogP contribution >= 0.6 is 0 Å². The summed E-state index contributed by atoms with van der Waals surface area (Å²) in [5, 5.41) is 30.2. The summed E-state index contributed by atoms with van der Waals surface area (Å²) in [6.45, 7) is 10.7. The number of allylic oxidation sites excluding steroid dienone is 4. The second kappa shape index (κ2) is 9.30. The number of fused-ring (bicyclic) bond motifs is 1. The molecule has 3 nitrogen and oxygen atoms in total. The second-order valence-corrected chi connectivity index (χ2v) is 11.3. The monoisotopic (exact) mass is 416 g/mol. The molecule has 0 heterocycles. The van der Waals surface area contributed by atoms with E-state index >= 15 is 0 Å². The Kier molecular flexibility index (Phi) is 7.37. The van der Waals surface area contributed by atoms with E-state index in [0.717, 1.165) is 0 Å². The largest absolute Gasteiger partial charge is 0.393 e. The van der Waals surface area contributed by atoms with Gasteiger partial charge in [-0.05, 0) is 88.4 Å². The summed E-state index contributed by atoms with van der Waals surface area (Å²) < 4.78 is 0. The van der Waals surface area contributed by atoms with E-state index in [2.05, 4.69) is 45.1 Å². The minimum absolute atomic E-state index is 0.152. The fourth-order valence-electron chi connectivity index (χ4n) is 6.39. The van der Waals surface area contributed by atoms with Gasteiger partial charge in [0.1, 0.15) is 0 Å². The number of rotatable bonds is 5. The van der Waals surface area contributed by atoms with Crippen LogP contribution in [-0.2, 0) is 0 Å². The smallest absolute Gasteiger partial charge is 0.0651 e. The Labute approximate surface area is 184 Å². The van der Waals surface area contributed by atoms with Gasteiger partial charge in [-0.25, -0.2) is 0 Å². The minimum atomic E-state index is -0.674. The van der Waals surface area contributed by atoms with Crippen LogP contribution in [0.5, 0.6) is 0 Å². The van der Waals surface area contributed by atoms with Gasteiger partial charge in [-0.15, -0.1) is 0 Å². The normalized spacial score (nSPS) is 40.1. The van der Waals surface area contributed by atoms with E-state index in [-0.39, 0.29) is 5.92 Å². The third-order valence-electron chi connectivity index (χ3n) is 8.56. The van der Waals surface area contributed by atoms with Crippen LogP contribution in [-0.4, -0.2) is 33.1 Å². The van der Waals surface area contributed by atoms with E-state index in [1.54, 1.807) is 5.57 Å². The molecule has 30 heavy (non-hydrogen) atoms. The molecule has 3 N–H and O–H groups in total. The zero-order valence-electron chi connectivity index (χ0n) is 19.8. The first-order valence-electron chi connectivity index (χ1n) is 12.2. The van der Waals surface area contributed by atoms with Gasteiger partial charge in [-0.2, -0.15) is 0 Å². The summed E-state index contributed by atoms with van der Waals surface area (Å²) in [6, 6.07) is 0. The molecule has 170 valence electrons. The molecule has 0 radical (unpaired) electrons. The molecule has 0 saturated heterocycles. The topological polar surface area (TPSA) is 60.7 Å². The molecule has 0 aromatic carbocycles. The maximum atomic E-state index is 10.2. The van der Waals surface area contributed by atoms with E-state index < -0.39 is 17.8 Å². The highest BCUT2D eigenvalue weighted by Crippen LogP contribution is 2.59. The van der Waals surface area contributed by atoms with E-state index in [1.165, 1.54) is 37.7 Å². The summed E-state index contributed by atoms with van der Waals surface area (Å²) in [7, 11) is 0.